The van der Waals surface area contributed by atoms with Crippen molar-refractivity contribution in [2.75, 3.05) is 20.1 Å². The Morgan fingerprint density at radius 3 is 2.18 bits per heavy atom. The van der Waals surface area contributed by atoms with Crippen LogP contribution in [-0.2, 0) is 0 Å². The molecule has 0 unspecified atom stereocenters. The Morgan fingerprint density at radius 1 is 1.45 bits per heavy atom. The van der Waals surface area contributed by atoms with Crippen LogP contribution in [0.5, 0.6) is 0 Å². The van der Waals surface area contributed by atoms with Crippen LogP contribution in [0.4, 0.5) is 0 Å². The molecule has 0 heterocycles. The van der Waals surface area contributed by atoms with Crippen molar-refractivity contribution >= 4 is 17.3 Å². The molecular formula is C8H14N2S. The lowest BCUT2D eigenvalue weighted by Crippen LogP contribution is -2.37. The van der Waals surface area contributed by atoms with E-state index < -0.39 is 0 Å². The molecule has 0 saturated heterocycles. The first-order valence-corrected chi connectivity index (χ1v) is 3.85. The van der Waals surface area contributed by atoms with E-state index >= 15 is 0 Å². The third-order valence-corrected chi connectivity index (χ3v) is 1.66. The normalized spacial score (nSPS) is 8.45. The third kappa shape index (κ3) is 3.78. The van der Waals surface area contributed by atoms with E-state index in [1.54, 1.807) is 0 Å². The smallest absolute Gasteiger partial charge is 0.169 e. The van der Waals surface area contributed by atoms with Gasteiger partial charge < -0.3 is 10.2 Å². The maximum atomic E-state index is 5.03. The summed E-state index contributed by atoms with van der Waals surface area (Å²) in [6.07, 6.45) is 3.63. The fourth-order valence-electron chi connectivity index (χ4n) is 0.710. The van der Waals surface area contributed by atoms with E-state index in [4.69, 9.17) is 12.2 Å². The highest BCUT2D eigenvalue weighted by Gasteiger charge is 2.01. The molecule has 0 amide bonds. The summed E-state index contributed by atoms with van der Waals surface area (Å²) in [4.78, 5) is 1.97. The molecule has 62 valence electrons. The molecule has 0 aliphatic rings. The van der Waals surface area contributed by atoms with E-state index in [1.807, 2.05) is 24.1 Å². The maximum Gasteiger partial charge on any atom is 0.169 e. The van der Waals surface area contributed by atoms with Crippen molar-refractivity contribution in [3.05, 3.63) is 25.3 Å². The average Bonchev–Trinajstić information content (AvgIpc) is 2.03. The lowest BCUT2D eigenvalue weighted by Gasteiger charge is -2.21. The second-order valence-corrected chi connectivity index (χ2v) is 2.42. The highest BCUT2D eigenvalue weighted by molar-refractivity contribution is 7.80. The van der Waals surface area contributed by atoms with Crippen molar-refractivity contribution in [2.24, 2.45) is 0 Å². The van der Waals surface area contributed by atoms with Crippen LogP contribution in [0.3, 0.4) is 0 Å². The molecule has 0 radical (unpaired) electrons. The summed E-state index contributed by atoms with van der Waals surface area (Å²) in [5.41, 5.74) is 0. The van der Waals surface area contributed by atoms with Gasteiger partial charge >= 0.3 is 0 Å². The molecule has 0 atom stereocenters. The molecule has 2 nitrogen and oxygen atoms in total. The highest BCUT2D eigenvalue weighted by atomic mass is 32.1. The largest absolute Gasteiger partial charge is 0.366 e. The Bertz CT molecular complexity index is 144. The lowest BCUT2D eigenvalue weighted by atomic mass is 10.5. The van der Waals surface area contributed by atoms with Crippen molar-refractivity contribution in [3.8, 4) is 0 Å². The molecule has 0 bridgehead atoms. The van der Waals surface area contributed by atoms with Crippen LogP contribution >= 0.6 is 12.2 Å². The number of thiocarbonyl (C=S) groups is 1. The van der Waals surface area contributed by atoms with Crippen LogP contribution in [0.15, 0.2) is 25.3 Å². The first-order valence-electron chi connectivity index (χ1n) is 3.44. The molecule has 0 aliphatic heterocycles. The van der Waals surface area contributed by atoms with E-state index in [2.05, 4.69) is 18.5 Å². The molecule has 1 N–H and O–H groups in total. The summed E-state index contributed by atoms with van der Waals surface area (Å²) in [5.74, 6) is 0. The maximum absolute atomic E-state index is 5.03. The van der Waals surface area contributed by atoms with Crippen molar-refractivity contribution in [2.45, 2.75) is 0 Å². The first-order chi connectivity index (χ1) is 5.26. The van der Waals surface area contributed by atoms with Gasteiger partial charge in [0.05, 0.1) is 0 Å². The number of nitrogens with zero attached hydrogens (tertiary/aromatic N) is 1. The van der Waals surface area contributed by atoms with E-state index in [0.29, 0.717) is 0 Å². The standard InChI is InChI=1S/C8H14N2S/c1-4-6-10(7-5-2)8(11)9-3/h4-5H,1-2,6-7H2,3H3,(H,9,11). The average molecular weight is 170 g/mol. The molecule has 0 fully saturated rings. The predicted molar refractivity (Wildman–Crippen MR) is 53.6 cm³/mol. The summed E-state index contributed by atoms with van der Waals surface area (Å²) in [6, 6.07) is 0. The highest BCUT2D eigenvalue weighted by Crippen LogP contribution is 1.89. The minimum atomic E-state index is 0.727. The zero-order chi connectivity index (χ0) is 8.69. The van der Waals surface area contributed by atoms with Gasteiger partial charge in [0.2, 0.25) is 0 Å². The number of rotatable bonds is 4. The van der Waals surface area contributed by atoms with Gasteiger partial charge in [-0.1, -0.05) is 12.2 Å². The van der Waals surface area contributed by atoms with Gasteiger partial charge in [-0.3, -0.25) is 0 Å². The monoisotopic (exact) mass is 170 g/mol. The van der Waals surface area contributed by atoms with Crippen LogP contribution in [0, 0.1) is 0 Å². The molecule has 0 aromatic carbocycles. The summed E-state index contributed by atoms with van der Waals surface area (Å²) >= 11 is 5.03. The third-order valence-electron chi connectivity index (χ3n) is 1.20. The lowest BCUT2D eigenvalue weighted by molar-refractivity contribution is 0.507. The molecule has 3 heteroatoms. The number of hydrogen-bond acceptors (Lipinski definition) is 1. The Labute approximate surface area is 73.6 Å². The van der Waals surface area contributed by atoms with Gasteiger partial charge in [-0.05, 0) is 12.2 Å². The van der Waals surface area contributed by atoms with Crippen LogP contribution in [0.2, 0.25) is 0 Å². The summed E-state index contributed by atoms with van der Waals surface area (Å²) < 4.78 is 0. The Morgan fingerprint density at radius 2 is 1.91 bits per heavy atom. The second-order valence-electron chi connectivity index (χ2n) is 2.04. The summed E-state index contributed by atoms with van der Waals surface area (Å²) in [5, 5.41) is 3.62. The molecular weight excluding hydrogens is 156 g/mol. The Hall–Kier alpha value is -0.830. The van der Waals surface area contributed by atoms with E-state index in [-0.39, 0.29) is 0 Å². The van der Waals surface area contributed by atoms with Gasteiger partial charge in [0, 0.05) is 20.1 Å². The molecule has 0 rings (SSSR count). The fraction of sp³-hybridized carbons (Fsp3) is 0.375. The predicted octanol–water partition coefficient (Wildman–Crippen LogP) is 1.16. The van der Waals surface area contributed by atoms with E-state index in [1.165, 1.54) is 0 Å². The number of nitrogens with one attached hydrogen (secondary N) is 1. The van der Waals surface area contributed by atoms with Crippen molar-refractivity contribution < 1.29 is 0 Å². The van der Waals surface area contributed by atoms with Crippen molar-refractivity contribution in [3.63, 3.8) is 0 Å². The van der Waals surface area contributed by atoms with Gasteiger partial charge in [0.25, 0.3) is 0 Å². The summed E-state index contributed by atoms with van der Waals surface area (Å²) in [7, 11) is 1.81. The second kappa shape index (κ2) is 5.92. The van der Waals surface area contributed by atoms with Crippen LogP contribution in [0.1, 0.15) is 0 Å². The summed E-state index contributed by atoms with van der Waals surface area (Å²) in [6.45, 7) is 8.78. The molecule has 0 aliphatic carbocycles. The van der Waals surface area contributed by atoms with Gasteiger partial charge in [0.1, 0.15) is 0 Å². The Kier molecular flexibility index (Phi) is 5.47. The van der Waals surface area contributed by atoms with Gasteiger partial charge in [-0.2, -0.15) is 0 Å². The fourth-order valence-corrected chi connectivity index (χ4v) is 0.859. The van der Waals surface area contributed by atoms with E-state index in [9.17, 15) is 0 Å². The molecule has 0 aromatic rings. The van der Waals surface area contributed by atoms with Crippen LogP contribution in [0.25, 0.3) is 0 Å². The van der Waals surface area contributed by atoms with Gasteiger partial charge in [0.15, 0.2) is 5.11 Å². The molecule has 0 aromatic heterocycles. The molecule has 0 saturated carbocycles. The van der Waals surface area contributed by atoms with E-state index in [0.717, 1.165) is 18.2 Å². The minimum absolute atomic E-state index is 0.727. The zero-order valence-corrected chi connectivity index (χ0v) is 7.66. The van der Waals surface area contributed by atoms with Crippen molar-refractivity contribution in [1.29, 1.82) is 0 Å². The van der Waals surface area contributed by atoms with Crippen LogP contribution < -0.4 is 5.32 Å². The van der Waals surface area contributed by atoms with Gasteiger partial charge in [-0.25, -0.2) is 0 Å². The molecule has 11 heavy (non-hydrogen) atoms. The molecule has 0 spiro atoms. The first kappa shape index (κ1) is 10.2. The number of hydrogen-bond donors (Lipinski definition) is 1. The van der Waals surface area contributed by atoms with Gasteiger partial charge in [-0.15, -0.1) is 13.2 Å². The quantitative estimate of drug-likeness (QED) is 0.503. The van der Waals surface area contributed by atoms with Crippen LogP contribution in [-0.4, -0.2) is 30.1 Å². The SMILES string of the molecule is C=CCN(CC=C)C(=S)NC. The Balaban J connectivity index is 3.95. The zero-order valence-electron chi connectivity index (χ0n) is 6.84. The minimum Gasteiger partial charge on any atom is -0.366 e. The van der Waals surface area contributed by atoms with Crippen molar-refractivity contribution in [1.82, 2.24) is 10.2 Å². The topological polar surface area (TPSA) is 15.3 Å².